The van der Waals surface area contributed by atoms with Gasteiger partial charge in [0.05, 0.1) is 11.2 Å². The number of para-hydroxylation sites is 2. The zero-order valence-electron chi connectivity index (χ0n) is 36.4. The SMILES string of the molecule is [2H]c1c([2H])c(N(c2ccc(-c3cccc4c3oc3ccccc34)cc2)c2cc3ccccc3c3ccccc23)c([2H])c([2H])c1-c1c(-c2ccccc2)c2ccccc2c2ccccc12. The van der Waals surface area contributed by atoms with Gasteiger partial charge < -0.3 is 9.32 Å². The molecule has 0 unspecified atom stereocenters. The fourth-order valence-electron chi connectivity index (χ4n) is 9.22. The summed E-state index contributed by atoms with van der Waals surface area (Å²) in [6.07, 6.45) is 0. The number of anilines is 3. The van der Waals surface area contributed by atoms with Crippen LogP contribution in [0.4, 0.5) is 17.1 Å². The summed E-state index contributed by atoms with van der Waals surface area (Å²) in [7, 11) is 0. The third-order valence-corrected chi connectivity index (χ3v) is 11.9. The fourth-order valence-corrected chi connectivity index (χ4v) is 9.22. The lowest BCUT2D eigenvalue weighted by molar-refractivity contribution is 0.670. The number of nitrogens with zero attached hydrogens (tertiary/aromatic N) is 1. The van der Waals surface area contributed by atoms with E-state index in [2.05, 4.69) is 84.9 Å². The Kier molecular flexibility index (Phi) is 6.98. The molecule has 12 rings (SSSR count). The molecule has 0 fully saturated rings. The summed E-state index contributed by atoms with van der Waals surface area (Å²) in [6.45, 7) is 0. The maximum absolute atomic E-state index is 10.0. The lowest BCUT2D eigenvalue weighted by atomic mass is 9.85. The Bertz CT molecular complexity index is 3810. The predicted octanol–water partition coefficient (Wildman–Crippen LogP) is 16.7. The van der Waals surface area contributed by atoms with Crippen molar-refractivity contribution < 1.29 is 9.90 Å². The number of benzene rings is 11. The molecular formula is C58H37NO. The summed E-state index contributed by atoms with van der Waals surface area (Å²) < 4.78 is 46.5. The Labute approximate surface area is 353 Å². The summed E-state index contributed by atoms with van der Waals surface area (Å²) in [6, 6.07) is 66.8. The smallest absolute Gasteiger partial charge is 0.143 e. The van der Waals surface area contributed by atoms with Crippen molar-refractivity contribution in [3.05, 3.63) is 224 Å². The highest BCUT2D eigenvalue weighted by atomic mass is 16.3. The van der Waals surface area contributed by atoms with Crippen LogP contribution in [0.15, 0.2) is 229 Å². The lowest BCUT2D eigenvalue weighted by Crippen LogP contribution is -2.10. The van der Waals surface area contributed by atoms with Crippen molar-refractivity contribution in [3.63, 3.8) is 0 Å². The van der Waals surface area contributed by atoms with Crippen molar-refractivity contribution in [1.82, 2.24) is 0 Å². The minimum Gasteiger partial charge on any atom is -0.455 e. The first-order valence-electron chi connectivity index (χ1n) is 22.3. The van der Waals surface area contributed by atoms with Crippen molar-refractivity contribution in [3.8, 4) is 33.4 Å². The van der Waals surface area contributed by atoms with Crippen LogP contribution in [0, 0.1) is 0 Å². The van der Waals surface area contributed by atoms with Crippen LogP contribution in [-0.2, 0) is 0 Å². The highest BCUT2D eigenvalue weighted by Gasteiger charge is 2.21. The molecule has 280 valence electrons. The zero-order chi connectivity index (χ0) is 43.1. The quantitative estimate of drug-likeness (QED) is 0.157. The molecule has 0 radical (unpaired) electrons. The van der Waals surface area contributed by atoms with E-state index in [0.29, 0.717) is 11.3 Å². The normalized spacial score (nSPS) is 12.6. The molecule has 12 aromatic rings. The highest BCUT2D eigenvalue weighted by Crippen LogP contribution is 2.47. The molecule has 60 heavy (non-hydrogen) atoms. The van der Waals surface area contributed by atoms with Crippen LogP contribution in [0.5, 0.6) is 0 Å². The fraction of sp³-hybridized carbons (Fsp3) is 0. The first kappa shape index (κ1) is 30.2. The zero-order valence-corrected chi connectivity index (χ0v) is 32.4. The van der Waals surface area contributed by atoms with Gasteiger partial charge in [0.1, 0.15) is 11.2 Å². The molecule has 0 aliphatic rings. The minimum absolute atomic E-state index is 0.114. The minimum atomic E-state index is -0.138. The number of hydrogen-bond donors (Lipinski definition) is 0. The van der Waals surface area contributed by atoms with Gasteiger partial charge in [0.25, 0.3) is 0 Å². The standard InChI is InChI=1S/C58H37NO/c1-2-15-39(16-3-1)56-51-24-10-7-20-47(51)48-21-8-11-25-52(48)57(56)40-31-35-43(36-32-40)59(54-37-41-17-4-5-18-44(41)46-19-6-9-22-49(46)54)42-33-29-38(30-34-42)45-26-14-27-53-50-23-12-13-28-55(50)60-58(45)53/h1-37H/i31D,32D,35D,36D. The second-order valence-corrected chi connectivity index (χ2v) is 15.3. The lowest BCUT2D eigenvalue weighted by Gasteiger charge is -2.28. The Morgan fingerprint density at radius 3 is 1.58 bits per heavy atom. The van der Waals surface area contributed by atoms with Gasteiger partial charge in [-0.3, -0.25) is 0 Å². The van der Waals surface area contributed by atoms with Crippen LogP contribution in [0.2, 0.25) is 0 Å². The van der Waals surface area contributed by atoms with E-state index >= 15 is 0 Å². The topological polar surface area (TPSA) is 16.4 Å². The second kappa shape index (κ2) is 13.9. The molecule has 0 N–H and O–H groups in total. The first-order chi connectivity index (χ1) is 31.5. The van der Waals surface area contributed by atoms with Gasteiger partial charge in [-0.1, -0.05) is 188 Å². The van der Waals surface area contributed by atoms with Crippen LogP contribution in [0.1, 0.15) is 5.48 Å². The van der Waals surface area contributed by atoms with Crippen molar-refractivity contribution in [2.24, 2.45) is 0 Å². The van der Waals surface area contributed by atoms with Crippen molar-refractivity contribution in [2.45, 2.75) is 0 Å². The molecular weight excluding hydrogens is 727 g/mol. The maximum Gasteiger partial charge on any atom is 0.143 e. The van der Waals surface area contributed by atoms with E-state index in [-0.39, 0.29) is 35.4 Å². The third-order valence-electron chi connectivity index (χ3n) is 11.9. The summed E-state index contributed by atoms with van der Waals surface area (Å²) in [5.74, 6) is 0. The number of furan rings is 1. The molecule has 1 heterocycles. The van der Waals surface area contributed by atoms with E-state index in [1.54, 1.807) is 0 Å². The van der Waals surface area contributed by atoms with E-state index in [1.165, 1.54) is 0 Å². The largest absolute Gasteiger partial charge is 0.455 e. The van der Waals surface area contributed by atoms with E-state index < -0.39 is 0 Å². The molecule has 0 amide bonds. The summed E-state index contributed by atoms with van der Waals surface area (Å²) in [5, 5.41) is 10.0. The van der Waals surface area contributed by atoms with Crippen LogP contribution in [0.25, 0.3) is 98.4 Å². The van der Waals surface area contributed by atoms with Crippen LogP contribution in [-0.4, -0.2) is 0 Å². The van der Waals surface area contributed by atoms with Crippen molar-refractivity contribution in [2.75, 3.05) is 4.90 Å². The molecule has 0 saturated heterocycles. The molecule has 0 spiro atoms. The molecule has 0 bridgehead atoms. The Balaban J connectivity index is 1.13. The first-order valence-corrected chi connectivity index (χ1v) is 20.3. The van der Waals surface area contributed by atoms with E-state index in [4.69, 9.17) is 4.42 Å². The average molecular weight is 768 g/mol. The number of hydrogen-bond acceptors (Lipinski definition) is 2. The van der Waals surface area contributed by atoms with E-state index in [1.807, 2.05) is 120 Å². The van der Waals surface area contributed by atoms with Crippen LogP contribution >= 0.6 is 0 Å². The summed E-state index contributed by atoms with van der Waals surface area (Å²) in [5.41, 5.74) is 7.88. The Morgan fingerprint density at radius 1 is 0.350 bits per heavy atom. The van der Waals surface area contributed by atoms with Crippen LogP contribution < -0.4 is 4.90 Å². The number of fused-ring (bicyclic) bond motifs is 9. The molecule has 0 aliphatic heterocycles. The maximum atomic E-state index is 10.0. The molecule has 2 nitrogen and oxygen atoms in total. The molecule has 0 atom stereocenters. The van der Waals surface area contributed by atoms with Gasteiger partial charge in [-0.05, 0) is 102 Å². The highest BCUT2D eigenvalue weighted by molar-refractivity contribution is 6.22. The van der Waals surface area contributed by atoms with Gasteiger partial charge in [0, 0.05) is 33.1 Å². The second-order valence-electron chi connectivity index (χ2n) is 15.3. The van der Waals surface area contributed by atoms with Gasteiger partial charge in [0.15, 0.2) is 0 Å². The Hall–Kier alpha value is -7.94. The van der Waals surface area contributed by atoms with E-state index in [9.17, 15) is 5.48 Å². The van der Waals surface area contributed by atoms with E-state index in [0.717, 1.165) is 93.0 Å². The Morgan fingerprint density at radius 2 is 0.883 bits per heavy atom. The average Bonchev–Trinajstić information content (AvgIpc) is 3.74. The van der Waals surface area contributed by atoms with Gasteiger partial charge in [0.2, 0.25) is 0 Å². The predicted molar refractivity (Wildman–Crippen MR) is 255 cm³/mol. The van der Waals surface area contributed by atoms with Gasteiger partial charge in [-0.2, -0.15) is 0 Å². The van der Waals surface area contributed by atoms with Gasteiger partial charge >= 0.3 is 0 Å². The monoisotopic (exact) mass is 767 g/mol. The number of rotatable bonds is 6. The third kappa shape index (κ3) is 5.42. The molecule has 1 aromatic heterocycles. The van der Waals surface area contributed by atoms with Crippen LogP contribution in [0.3, 0.4) is 0 Å². The molecule has 0 saturated carbocycles. The van der Waals surface area contributed by atoms with Crippen molar-refractivity contribution in [1.29, 1.82) is 0 Å². The van der Waals surface area contributed by atoms with Gasteiger partial charge in [-0.15, -0.1) is 0 Å². The molecule has 2 heteroatoms. The molecule has 0 aliphatic carbocycles. The summed E-state index contributed by atoms with van der Waals surface area (Å²) >= 11 is 0. The van der Waals surface area contributed by atoms with Crippen molar-refractivity contribution >= 4 is 82.1 Å². The molecule has 11 aromatic carbocycles. The van der Waals surface area contributed by atoms with Gasteiger partial charge in [-0.25, -0.2) is 0 Å². The summed E-state index contributed by atoms with van der Waals surface area (Å²) in [4.78, 5) is 1.92.